The highest BCUT2D eigenvalue weighted by atomic mass is 35.5. The molecule has 3 rings (SSSR count). The molecular formula is C13H17ClN6S. The zero-order chi connectivity index (χ0) is 14.8. The summed E-state index contributed by atoms with van der Waals surface area (Å²) in [5, 5.41) is 0.245. The summed E-state index contributed by atoms with van der Waals surface area (Å²) in [6.45, 7) is 4.70. The third-order valence-corrected chi connectivity index (χ3v) is 4.63. The molecule has 112 valence electrons. The van der Waals surface area contributed by atoms with Gasteiger partial charge in [-0.3, -0.25) is 0 Å². The zero-order valence-corrected chi connectivity index (χ0v) is 13.7. The summed E-state index contributed by atoms with van der Waals surface area (Å²) in [4.78, 5) is 22.6. The normalized spacial score (nSPS) is 14.7. The molecule has 0 aliphatic carbocycles. The summed E-state index contributed by atoms with van der Waals surface area (Å²) < 4.78 is 0. The van der Waals surface area contributed by atoms with Crippen LogP contribution in [0.15, 0.2) is 5.51 Å². The van der Waals surface area contributed by atoms with Gasteiger partial charge in [0.1, 0.15) is 0 Å². The lowest BCUT2D eigenvalue weighted by atomic mass is 10.4. The molecule has 0 saturated carbocycles. The van der Waals surface area contributed by atoms with Gasteiger partial charge in [-0.1, -0.05) is 0 Å². The number of hydrogen-bond donors (Lipinski definition) is 0. The van der Waals surface area contributed by atoms with Crippen molar-refractivity contribution in [2.75, 3.05) is 29.9 Å². The van der Waals surface area contributed by atoms with E-state index in [2.05, 4.69) is 24.8 Å². The second-order valence-electron chi connectivity index (χ2n) is 5.12. The summed E-state index contributed by atoms with van der Waals surface area (Å²) in [7, 11) is 1.96. The molecule has 0 amide bonds. The third kappa shape index (κ3) is 3.24. The van der Waals surface area contributed by atoms with E-state index >= 15 is 0 Å². The van der Waals surface area contributed by atoms with Gasteiger partial charge >= 0.3 is 0 Å². The number of thiazole rings is 1. The van der Waals surface area contributed by atoms with Gasteiger partial charge in [0.15, 0.2) is 0 Å². The highest BCUT2D eigenvalue weighted by Gasteiger charge is 2.18. The van der Waals surface area contributed by atoms with Crippen LogP contribution >= 0.6 is 22.9 Å². The standard InChI is InChI=1S/C13H17ClN6S/c1-9-10(21-8-15-9)7-19(2)12-16-11(14)17-13(18-12)20-5-3-4-6-20/h8H,3-7H2,1-2H3. The molecular weight excluding hydrogens is 308 g/mol. The smallest absolute Gasteiger partial charge is 0.231 e. The molecule has 2 aromatic heterocycles. The predicted octanol–water partition coefficient (Wildman–Crippen LogP) is 2.53. The molecule has 0 spiro atoms. The van der Waals surface area contributed by atoms with E-state index in [1.165, 1.54) is 17.7 Å². The Morgan fingerprint density at radius 3 is 2.71 bits per heavy atom. The van der Waals surface area contributed by atoms with E-state index in [0.717, 1.165) is 25.3 Å². The topological polar surface area (TPSA) is 58.0 Å². The number of aromatic nitrogens is 4. The van der Waals surface area contributed by atoms with E-state index in [-0.39, 0.29) is 5.28 Å². The van der Waals surface area contributed by atoms with Gasteiger partial charge in [-0.15, -0.1) is 11.3 Å². The van der Waals surface area contributed by atoms with Crippen molar-refractivity contribution in [2.24, 2.45) is 0 Å². The molecule has 8 heteroatoms. The predicted molar refractivity (Wildman–Crippen MR) is 85.2 cm³/mol. The Balaban J connectivity index is 1.82. The Hall–Kier alpha value is -1.47. The van der Waals surface area contributed by atoms with E-state index in [1.54, 1.807) is 11.3 Å². The third-order valence-electron chi connectivity index (χ3n) is 3.54. The summed E-state index contributed by atoms with van der Waals surface area (Å²) in [5.41, 5.74) is 2.90. The van der Waals surface area contributed by atoms with Gasteiger partial charge < -0.3 is 9.80 Å². The first-order valence-electron chi connectivity index (χ1n) is 6.90. The fourth-order valence-corrected chi connectivity index (χ4v) is 3.30. The van der Waals surface area contributed by atoms with Gasteiger partial charge in [0.2, 0.25) is 17.2 Å². The maximum atomic E-state index is 6.06. The van der Waals surface area contributed by atoms with Gasteiger partial charge in [0.05, 0.1) is 17.7 Å². The molecule has 1 aliphatic heterocycles. The van der Waals surface area contributed by atoms with Crippen LogP contribution in [0.3, 0.4) is 0 Å². The van der Waals surface area contributed by atoms with E-state index in [1.807, 2.05) is 24.4 Å². The second-order valence-corrected chi connectivity index (χ2v) is 6.39. The molecule has 1 fully saturated rings. The van der Waals surface area contributed by atoms with Crippen molar-refractivity contribution >= 4 is 34.8 Å². The molecule has 21 heavy (non-hydrogen) atoms. The van der Waals surface area contributed by atoms with E-state index in [9.17, 15) is 0 Å². The highest BCUT2D eigenvalue weighted by molar-refractivity contribution is 7.09. The molecule has 1 saturated heterocycles. The average molecular weight is 325 g/mol. The van der Waals surface area contributed by atoms with Crippen LogP contribution < -0.4 is 9.80 Å². The van der Waals surface area contributed by atoms with Crippen molar-refractivity contribution in [1.82, 2.24) is 19.9 Å². The lowest BCUT2D eigenvalue weighted by Crippen LogP contribution is -2.24. The first-order chi connectivity index (χ1) is 10.1. The van der Waals surface area contributed by atoms with E-state index < -0.39 is 0 Å². The Morgan fingerprint density at radius 1 is 1.29 bits per heavy atom. The molecule has 0 unspecified atom stereocenters. The summed E-state index contributed by atoms with van der Waals surface area (Å²) in [5.74, 6) is 1.28. The lowest BCUT2D eigenvalue weighted by molar-refractivity contribution is 0.826. The van der Waals surface area contributed by atoms with Gasteiger partial charge in [-0.25, -0.2) is 4.98 Å². The monoisotopic (exact) mass is 324 g/mol. The largest absolute Gasteiger partial charge is 0.341 e. The molecule has 0 atom stereocenters. The Bertz CT molecular complexity index is 625. The lowest BCUT2D eigenvalue weighted by Gasteiger charge is -2.20. The summed E-state index contributed by atoms with van der Waals surface area (Å²) >= 11 is 7.70. The minimum absolute atomic E-state index is 0.245. The van der Waals surface area contributed by atoms with E-state index in [0.29, 0.717) is 11.9 Å². The van der Waals surface area contributed by atoms with Crippen molar-refractivity contribution in [2.45, 2.75) is 26.3 Å². The molecule has 1 aliphatic rings. The number of anilines is 2. The van der Waals surface area contributed by atoms with Crippen molar-refractivity contribution in [3.63, 3.8) is 0 Å². The number of nitrogens with zero attached hydrogens (tertiary/aromatic N) is 6. The zero-order valence-electron chi connectivity index (χ0n) is 12.1. The van der Waals surface area contributed by atoms with Gasteiger partial charge in [-0.05, 0) is 31.4 Å². The summed E-state index contributed by atoms with van der Waals surface area (Å²) in [6, 6.07) is 0. The second kappa shape index (κ2) is 6.11. The van der Waals surface area contributed by atoms with Crippen LogP contribution in [-0.2, 0) is 6.54 Å². The number of rotatable bonds is 4. The molecule has 0 bridgehead atoms. The van der Waals surface area contributed by atoms with Crippen LogP contribution in [0, 0.1) is 6.92 Å². The van der Waals surface area contributed by atoms with Crippen LogP contribution in [0.1, 0.15) is 23.4 Å². The van der Waals surface area contributed by atoms with Gasteiger partial charge in [-0.2, -0.15) is 15.0 Å². The van der Waals surface area contributed by atoms with Crippen LogP contribution in [0.2, 0.25) is 5.28 Å². The minimum atomic E-state index is 0.245. The van der Waals surface area contributed by atoms with Crippen molar-refractivity contribution in [1.29, 1.82) is 0 Å². The van der Waals surface area contributed by atoms with Crippen LogP contribution in [0.25, 0.3) is 0 Å². The number of hydrogen-bond acceptors (Lipinski definition) is 7. The Kier molecular flexibility index (Phi) is 4.21. The first kappa shape index (κ1) is 14.5. The molecule has 2 aromatic rings. The Labute approximate surface area is 132 Å². The van der Waals surface area contributed by atoms with Crippen LogP contribution in [0.4, 0.5) is 11.9 Å². The van der Waals surface area contributed by atoms with E-state index in [4.69, 9.17) is 11.6 Å². The molecule has 0 aromatic carbocycles. The Morgan fingerprint density at radius 2 is 2.05 bits per heavy atom. The number of halogens is 1. The maximum Gasteiger partial charge on any atom is 0.231 e. The highest BCUT2D eigenvalue weighted by Crippen LogP contribution is 2.22. The fraction of sp³-hybridized carbons (Fsp3) is 0.538. The number of aryl methyl sites for hydroxylation is 1. The summed E-state index contributed by atoms with van der Waals surface area (Å²) in [6.07, 6.45) is 2.35. The average Bonchev–Trinajstić information content (AvgIpc) is 3.11. The molecule has 6 nitrogen and oxygen atoms in total. The first-order valence-corrected chi connectivity index (χ1v) is 8.16. The van der Waals surface area contributed by atoms with Gasteiger partial charge in [0, 0.05) is 25.0 Å². The molecule has 0 radical (unpaired) electrons. The quantitative estimate of drug-likeness (QED) is 0.861. The van der Waals surface area contributed by atoms with Gasteiger partial charge in [0.25, 0.3) is 0 Å². The van der Waals surface area contributed by atoms with Crippen molar-refractivity contribution in [3.8, 4) is 0 Å². The molecule has 3 heterocycles. The van der Waals surface area contributed by atoms with Crippen molar-refractivity contribution < 1.29 is 0 Å². The SMILES string of the molecule is Cc1ncsc1CN(C)c1nc(Cl)nc(N2CCCC2)n1. The van der Waals surface area contributed by atoms with Crippen molar-refractivity contribution in [3.05, 3.63) is 21.4 Å². The maximum absolute atomic E-state index is 6.06. The minimum Gasteiger partial charge on any atom is -0.341 e. The van der Waals surface area contributed by atoms with Crippen LogP contribution in [-0.4, -0.2) is 40.1 Å². The molecule has 0 N–H and O–H groups in total. The fourth-order valence-electron chi connectivity index (χ4n) is 2.32. The van der Waals surface area contributed by atoms with Crippen LogP contribution in [0.5, 0.6) is 0 Å².